The van der Waals surface area contributed by atoms with E-state index in [1.807, 2.05) is 73.4 Å². The monoisotopic (exact) mass is 298 g/mol. The van der Waals surface area contributed by atoms with Gasteiger partial charge in [-0.15, -0.1) is 0 Å². The van der Waals surface area contributed by atoms with Gasteiger partial charge in [-0.25, -0.2) is 0 Å². The maximum atomic E-state index is 13.7. The Hall–Kier alpha value is -1.59. The summed E-state index contributed by atoms with van der Waals surface area (Å²) in [5, 5.41) is 0.661. The van der Waals surface area contributed by atoms with Gasteiger partial charge in [0.1, 0.15) is 7.14 Å². The lowest BCUT2D eigenvalue weighted by Gasteiger charge is -2.30. The van der Waals surface area contributed by atoms with Crippen LogP contribution in [0.15, 0.2) is 60.4 Å². The number of aryl methyl sites for hydroxylation is 1. The van der Waals surface area contributed by atoms with Crippen LogP contribution in [0.3, 0.4) is 0 Å². The lowest BCUT2D eigenvalue weighted by Crippen LogP contribution is -2.23. The van der Waals surface area contributed by atoms with Crippen LogP contribution in [0.4, 0.5) is 0 Å². The summed E-state index contributed by atoms with van der Waals surface area (Å²) in [5.41, 5.74) is 2.17. The van der Waals surface area contributed by atoms with Gasteiger partial charge in [0.05, 0.1) is 0 Å². The fourth-order valence-corrected chi connectivity index (χ4v) is 4.98. The molecule has 1 atom stereocenters. The summed E-state index contributed by atoms with van der Waals surface area (Å²) < 4.78 is 13.7. The van der Waals surface area contributed by atoms with Gasteiger partial charge in [-0.3, -0.25) is 0 Å². The first kappa shape index (κ1) is 15.8. The molecule has 0 bridgehead atoms. The van der Waals surface area contributed by atoms with Crippen molar-refractivity contribution in [2.24, 2.45) is 0 Å². The maximum absolute atomic E-state index is 13.7. The summed E-state index contributed by atoms with van der Waals surface area (Å²) in [6, 6.07) is 18.0. The highest BCUT2D eigenvalue weighted by Gasteiger charge is 2.36. The molecule has 0 aliphatic heterocycles. The van der Waals surface area contributed by atoms with Crippen LogP contribution in [0.2, 0.25) is 0 Å². The van der Waals surface area contributed by atoms with Crippen molar-refractivity contribution in [3.05, 3.63) is 71.5 Å². The molecule has 0 amide bonds. The molecule has 0 aromatic heterocycles. The predicted octanol–water partition coefficient (Wildman–Crippen LogP) is 5.45. The molecule has 0 spiro atoms. The van der Waals surface area contributed by atoms with Crippen LogP contribution in [-0.2, 0) is 4.57 Å². The van der Waals surface area contributed by atoms with Crippen molar-refractivity contribution in [3.63, 3.8) is 0 Å². The SMILES string of the molecule is Cc1ccccc1[P@@](=O)(/C=C/c1ccccc1)C(C)(C)C. The Morgan fingerprint density at radius 1 is 0.905 bits per heavy atom. The molecule has 0 heterocycles. The van der Waals surface area contributed by atoms with E-state index in [0.29, 0.717) is 0 Å². The van der Waals surface area contributed by atoms with E-state index in [-0.39, 0.29) is 5.16 Å². The Morgan fingerprint density at radius 3 is 2.05 bits per heavy atom. The third kappa shape index (κ3) is 3.36. The van der Waals surface area contributed by atoms with Gasteiger partial charge >= 0.3 is 0 Å². The van der Waals surface area contributed by atoms with Crippen molar-refractivity contribution in [2.45, 2.75) is 32.9 Å². The summed E-state index contributed by atoms with van der Waals surface area (Å²) >= 11 is 0. The minimum Gasteiger partial charge on any atom is -0.314 e. The standard InChI is InChI=1S/C19H23OP/c1-16-10-8-9-13-18(16)21(20,19(2,3)4)15-14-17-11-6-5-7-12-17/h5-15H,1-4H3/b15-14+/t21-/m0/s1. The first-order valence-electron chi connectivity index (χ1n) is 7.25. The molecule has 0 fully saturated rings. The molecular formula is C19H23OP. The second kappa shape index (κ2) is 6.03. The lowest BCUT2D eigenvalue weighted by molar-refractivity contribution is 0.563. The molecule has 0 N–H and O–H groups in total. The molecule has 2 aromatic rings. The summed E-state index contributed by atoms with van der Waals surface area (Å²) in [6.07, 6.45) is 1.98. The maximum Gasteiger partial charge on any atom is 0.141 e. The van der Waals surface area contributed by atoms with E-state index in [4.69, 9.17) is 0 Å². The fourth-order valence-electron chi connectivity index (χ4n) is 2.36. The average molecular weight is 298 g/mol. The van der Waals surface area contributed by atoms with Crippen molar-refractivity contribution in [2.75, 3.05) is 0 Å². The Kier molecular flexibility index (Phi) is 4.54. The molecule has 110 valence electrons. The Morgan fingerprint density at radius 2 is 1.48 bits per heavy atom. The molecule has 0 saturated carbocycles. The van der Waals surface area contributed by atoms with E-state index in [1.165, 1.54) is 0 Å². The average Bonchev–Trinajstić information content (AvgIpc) is 2.45. The van der Waals surface area contributed by atoms with E-state index in [2.05, 4.69) is 20.8 Å². The van der Waals surface area contributed by atoms with Crippen LogP contribution in [0, 0.1) is 6.92 Å². The van der Waals surface area contributed by atoms with Gasteiger partial charge in [-0.05, 0) is 23.9 Å². The zero-order chi connectivity index (χ0) is 15.5. The summed E-state index contributed by atoms with van der Waals surface area (Å²) in [6.45, 7) is 8.19. The highest BCUT2D eigenvalue weighted by atomic mass is 31.2. The van der Waals surface area contributed by atoms with Gasteiger partial charge in [0.25, 0.3) is 0 Å². The van der Waals surface area contributed by atoms with Gasteiger partial charge in [-0.2, -0.15) is 0 Å². The summed E-state index contributed by atoms with van der Waals surface area (Å²) in [7, 11) is -2.64. The van der Waals surface area contributed by atoms with Crippen molar-refractivity contribution < 1.29 is 4.57 Å². The highest BCUT2D eigenvalue weighted by molar-refractivity contribution is 7.76. The van der Waals surface area contributed by atoms with E-state index in [0.717, 1.165) is 16.4 Å². The molecule has 0 unspecified atom stereocenters. The molecule has 2 heteroatoms. The minimum absolute atomic E-state index is 0.301. The van der Waals surface area contributed by atoms with Crippen molar-refractivity contribution in [1.29, 1.82) is 0 Å². The largest absolute Gasteiger partial charge is 0.314 e. The van der Waals surface area contributed by atoms with Gasteiger partial charge in [0, 0.05) is 10.5 Å². The molecule has 0 saturated heterocycles. The number of benzene rings is 2. The lowest BCUT2D eigenvalue weighted by atomic mass is 10.2. The van der Waals surface area contributed by atoms with Crippen molar-refractivity contribution in [1.82, 2.24) is 0 Å². The summed E-state index contributed by atoms with van der Waals surface area (Å²) in [4.78, 5) is 0. The molecule has 0 aliphatic carbocycles. The summed E-state index contributed by atoms with van der Waals surface area (Å²) in [5.74, 6) is 1.92. The molecule has 21 heavy (non-hydrogen) atoms. The molecule has 1 nitrogen and oxygen atoms in total. The van der Waals surface area contributed by atoms with Crippen LogP contribution < -0.4 is 5.30 Å². The number of hydrogen-bond acceptors (Lipinski definition) is 1. The zero-order valence-electron chi connectivity index (χ0n) is 13.2. The Balaban J connectivity index is 2.52. The quantitative estimate of drug-likeness (QED) is 0.688. The Bertz CT molecular complexity index is 678. The van der Waals surface area contributed by atoms with Crippen LogP contribution in [0.1, 0.15) is 31.9 Å². The van der Waals surface area contributed by atoms with Crippen molar-refractivity contribution >= 4 is 18.5 Å². The molecule has 0 aliphatic rings. The smallest absolute Gasteiger partial charge is 0.141 e. The highest BCUT2D eigenvalue weighted by Crippen LogP contribution is 2.58. The third-order valence-corrected chi connectivity index (χ3v) is 7.53. The molecule has 2 aromatic carbocycles. The molecule has 0 radical (unpaired) electrons. The van der Waals surface area contributed by atoms with Crippen LogP contribution in [0.5, 0.6) is 0 Å². The van der Waals surface area contributed by atoms with Gasteiger partial charge in [0.2, 0.25) is 0 Å². The third-order valence-electron chi connectivity index (χ3n) is 3.75. The zero-order valence-corrected chi connectivity index (χ0v) is 14.1. The van der Waals surface area contributed by atoms with Crippen LogP contribution in [0.25, 0.3) is 6.08 Å². The molecule has 2 rings (SSSR count). The van der Waals surface area contributed by atoms with Crippen LogP contribution in [-0.4, -0.2) is 5.16 Å². The molecular weight excluding hydrogens is 275 g/mol. The predicted molar refractivity (Wildman–Crippen MR) is 93.6 cm³/mol. The van der Waals surface area contributed by atoms with Crippen molar-refractivity contribution in [3.8, 4) is 0 Å². The van der Waals surface area contributed by atoms with Gasteiger partial charge in [-0.1, -0.05) is 81.4 Å². The van der Waals surface area contributed by atoms with E-state index in [1.54, 1.807) is 0 Å². The fraction of sp³-hybridized carbons (Fsp3) is 0.263. The first-order valence-corrected chi connectivity index (χ1v) is 9.02. The van der Waals surface area contributed by atoms with E-state index >= 15 is 0 Å². The minimum atomic E-state index is -2.64. The normalized spacial score (nSPS) is 15.0. The second-order valence-electron chi connectivity index (χ2n) is 6.34. The van der Waals surface area contributed by atoms with E-state index in [9.17, 15) is 4.57 Å². The van der Waals surface area contributed by atoms with Gasteiger partial charge in [0.15, 0.2) is 0 Å². The second-order valence-corrected chi connectivity index (χ2v) is 9.78. The topological polar surface area (TPSA) is 17.1 Å². The Labute approximate surface area is 128 Å². The van der Waals surface area contributed by atoms with E-state index < -0.39 is 7.14 Å². The number of hydrogen-bond donors (Lipinski definition) is 0. The number of rotatable bonds is 3. The first-order chi connectivity index (χ1) is 9.84. The van der Waals surface area contributed by atoms with Gasteiger partial charge < -0.3 is 4.57 Å². The van der Waals surface area contributed by atoms with Crippen LogP contribution >= 0.6 is 7.14 Å².